The second-order valence-corrected chi connectivity index (χ2v) is 1.83. The first-order valence-electron chi connectivity index (χ1n) is 1.65. The summed E-state index contributed by atoms with van der Waals surface area (Å²) in [6.45, 7) is 0. The van der Waals surface area contributed by atoms with Crippen molar-refractivity contribution in [3.63, 3.8) is 0 Å². The Kier molecular flexibility index (Phi) is 1.21. The molecule has 0 aliphatic rings. The van der Waals surface area contributed by atoms with E-state index in [0.29, 0.717) is 10.3 Å². The quantitative estimate of drug-likeness (QED) is 0.579. The Bertz CT molecular complexity index is 143. The van der Waals surface area contributed by atoms with Crippen molar-refractivity contribution in [3.05, 3.63) is 16.4 Å². The largest absolute Gasteiger partial charge is 0.266 e. The van der Waals surface area contributed by atoms with Crippen molar-refractivity contribution in [1.82, 2.24) is 10.2 Å². The number of rotatable bonds is 0. The standard InChI is InChI=1S/C3H2Cl2N2/c4-2-1-3(5)7-6-2/h1H,(H,6,7). The number of aromatic amines is 1. The number of halogens is 2. The zero-order valence-corrected chi connectivity index (χ0v) is 4.79. The fourth-order valence-corrected chi connectivity index (χ4v) is 0.629. The Hall–Kier alpha value is -0.210. The molecule has 4 heteroatoms. The van der Waals surface area contributed by atoms with Crippen molar-refractivity contribution in [3.8, 4) is 0 Å². The van der Waals surface area contributed by atoms with Gasteiger partial charge in [0.25, 0.3) is 0 Å². The fraction of sp³-hybridized carbons (Fsp3) is 0. The molecule has 0 fully saturated rings. The number of nitrogens with zero attached hydrogens (tertiary/aromatic N) is 1. The van der Waals surface area contributed by atoms with Crippen molar-refractivity contribution in [1.29, 1.82) is 0 Å². The molecule has 1 aromatic rings. The van der Waals surface area contributed by atoms with Crippen molar-refractivity contribution in [2.75, 3.05) is 0 Å². The van der Waals surface area contributed by atoms with E-state index in [4.69, 9.17) is 23.2 Å². The molecule has 0 radical (unpaired) electrons. The Morgan fingerprint density at radius 1 is 1.57 bits per heavy atom. The minimum atomic E-state index is 0.394. The predicted octanol–water partition coefficient (Wildman–Crippen LogP) is 1.72. The van der Waals surface area contributed by atoms with Crippen LogP contribution in [-0.4, -0.2) is 10.2 Å². The van der Waals surface area contributed by atoms with Gasteiger partial charge in [-0.3, -0.25) is 5.10 Å². The van der Waals surface area contributed by atoms with E-state index in [0.717, 1.165) is 0 Å². The Labute approximate surface area is 50.4 Å². The van der Waals surface area contributed by atoms with Crippen LogP contribution < -0.4 is 0 Å². The van der Waals surface area contributed by atoms with Crippen LogP contribution in [0.5, 0.6) is 0 Å². The van der Waals surface area contributed by atoms with E-state index < -0.39 is 0 Å². The lowest BCUT2D eigenvalue weighted by Crippen LogP contribution is -1.61. The van der Waals surface area contributed by atoms with Crippen LogP contribution >= 0.6 is 23.2 Å². The lowest BCUT2D eigenvalue weighted by atomic mass is 10.8. The van der Waals surface area contributed by atoms with Crippen molar-refractivity contribution < 1.29 is 0 Å². The smallest absolute Gasteiger partial charge is 0.152 e. The summed E-state index contributed by atoms with van der Waals surface area (Å²) in [7, 11) is 0. The molecular formula is C3H2Cl2N2. The van der Waals surface area contributed by atoms with Crippen LogP contribution in [0.3, 0.4) is 0 Å². The highest BCUT2D eigenvalue weighted by atomic mass is 35.5. The fourth-order valence-electron chi connectivity index (χ4n) is 0.276. The molecule has 0 atom stereocenters. The minimum Gasteiger partial charge on any atom is -0.266 e. The first-order valence-corrected chi connectivity index (χ1v) is 2.41. The normalized spacial score (nSPS) is 9.43. The topological polar surface area (TPSA) is 28.7 Å². The van der Waals surface area contributed by atoms with Crippen LogP contribution in [0.2, 0.25) is 10.3 Å². The molecule has 1 rings (SSSR count). The zero-order chi connectivity index (χ0) is 5.28. The maximum absolute atomic E-state index is 5.36. The monoisotopic (exact) mass is 136 g/mol. The molecule has 0 unspecified atom stereocenters. The molecule has 7 heavy (non-hydrogen) atoms. The predicted molar refractivity (Wildman–Crippen MR) is 28.6 cm³/mol. The molecular weight excluding hydrogens is 135 g/mol. The van der Waals surface area contributed by atoms with E-state index in [1.54, 1.807) is 0 Å². The molecule has 38 valence electrons. The van der Waals surface area contributed by atoms with Crippen LogP contribution in [0.25, 0.3) is 0 Å². The van der Waals surface area contributed by atoms with E-state index in [1.165, 1.54) is 6.07 Å². The van der Waals surface area contributed by atoms with Gasteiger partial charge in [0.15, 0.2) is 5.15 Å². The number of aromatic nitrogens is 2. The minimum absolute atomic E-state index is 0.394. The number of nitrogens with one attached hydrogen (secondary N) is 1. The van der Waals surface area contributed by atoms with E-state index >= 15 is 0 Å². The van der Waals surface area contributed by atoms with Gasteiger partial charge in [0.2, 0.25) is 0 Å². The van der Waals surface area contributed by atoms with Gasteiger partial charge in [0, 0.05) is 6.07 Å². The molecule has 0 aromatic carbocycles. The van der Waals surface area contributed by atoms with Gasteiger partial charge in [-0.15, -0.1) is 0 Å². The molecule has 2 nitrogen and oxygen atoms in total. The van der Waals surface area contributed by atoms with Gasteiger partial charge in [-0.1, -0.05) is 23.2 Å². The average Bonchev–Trinajstić information content (AvgIpc) is 1.87. The summed E-state index contributed by atoms with van der Waals surface area (Å²) in [5, 5.41) is 6.83. The lowest BCUT2D eigenvalue weighted by Gasteiger charge is -1.64. The van der Waals surface area contributed by atoms with E-state index in [9.17, 15) is 0 Å². The molecule has 0 saturated heterocycles. The van der Waals surface area contributed by atoms with Crippen LogP contribution in [0.1, 0.15) is 0 Å². The van der Waals surface area contributed by atoms with Crippen LogP contribution in [0, 0.1) is 0 Å². The Morgan fingerprint density at radius 3 is 2.43 bits per heavy atom. The number of hydrogen-bond donors (Lipinski definition) is 1. The molecule has 0 aliphatic heterocycles. The summed E-state index contributed by atoms with van der Waals surface area (Å²) in [5.74, 6) is 0. The maximum Gasteiger partial charge on any atom is 0.152 e. The van der Waals surface area contributed by atoms with Gasteiger partial charge in [0.05, 0.1) is 0 Å². The van der Waals surface area contributed by atoms with Crippen LogP contribution in [0.15, 0.2) is 6.07 Å². The Morgan fingerprint density at radius 2 is 2.29 bits per heavy atom. The van der Waals surface area contributed by atoms with E-state index in [2.05, 4.69) is 10.2 Å². The maximum atomic E-state index is 5.36. The second-order valence-electron chi connectivity index (χ2n) is 1.04. The lowest BCUT2D eigenvalue weighted by molar-refractivity contribution is 1.09. The third kappa shape index (κ3) is 1.08. The third-order valence-electron chi connectivity index (χ3n) is 0.515. The Balaban J connectivity index is 3.04. The summed E-state index contributed by atoms with van der Waals surface area (Å²) in [4.78, 5) is 0. The highest BCUT2D eigenvalue weighted by Crippen LogP contribution is 2.08. The summed E-state index contributed by atoms with van der Waals surface area (Å²) in [5.41, 5.74) is 0. The average molecular weight is 137 g/mol. The van der Waals surface area contributed by atoms with E-state index in [1.807, 2.05) is 0 Å². The van der Waals surface area contributed by atoms with Crippen LogP contribution in [-0.2, 0) is 0 Å². The van der Waals surface area contributed by atoms with Gasteiger partial charge in [-0.05, 0) is 0 Å². The van der Waals surface area contributed by atoms with Crippen molar-refractivity contribution >= 4 is 23.2 Å². The zero-order valence-electron chi connectivity index (χ0n) is 3.28. The molecule has 0 bridgehead atoms. The SMILES string of the molecule is Clc1cc(Cl)[nH]n1. The second kappa shape index (κ2) is 1.72. The molecule has 1 aromatic heterocycles. The molecule has 0 amide bonds. The molecule has 0 saturated carbocycles. The molecule has 1 heterocycles. The van der Waals surface area contributed by atoms with Crippen LogP contribution in [0.4, 0.5) is 0 Å². The molecule has 0 spiro atoms. The third-order valence-corrected chi connectivity index (χ3v) is 0.903. The summed E-state index contributed by atoms with van der Waals surface area (Å²) >= 11 is 10.7. The highest BCUT2D eigenvalue weighted by molar-refractivity contribution is 6.33. The summed E-state index contributed by atoms with van der Waals surface area (Å²) < 4.78 is 0. The highest BCUT2D eigenvalue weighted by Gasteiger charge is 1.89. The van der Waals surface area contributed by atoms with Crippen molar-refractivity contribution in [2.45, 2.75) is 0 Å². The van der Waals surface area contributed by atoms with Gasteiger partial charge in [-0.25, -0.2) is 0 Å². The number of H-pyrrole nitrogens is 1. The summed E-state index contributed by atoms with van der Waals surface area (Å²) in [6.07, 6.45) is 0. The first kappa shape index (κ1) is 4.94. The van der Waals surface area contributed by atoms with Gasteiger partial charge < -0.3 is 0 Å². The van der Waals surface area contributed by atoms with Gasteiger partial charge >= 0.3 is 0 Å². The van der Waals surface area contributed by atoms with Gasteiger partial charge in [0.1, 0.15) is 5.15 Å². The summed E-state index contributed by atoms with van der Waals surface area (Å²) in [6, 6.07) is 1.53. The first-order chi connectivity index (χ1) is 3.29. The number of hydrogen-bond acceptors (Lipinski definition) is 1. The van der Waals surface area contributed by atoms with E-state index in [-0.39, 0.29) is 0 Å². The molecule has 0 aliphatic carbocycles. The van der Waals surface area contributed by atoms with Crippen molar-refractivity contribution in [2.24, 2.45) is 0 Å². The molecule has 1 N–H and O–H groups in total. The van der Waals surface area contributed by atoms with Gasteiger partial charge in [-0.2, -0.15) is 5.10 Å².